The molecule has 0 fully saturated rings. The Kier molecular flexibility index (Phi) is 7.17. The van der Waals surface area contributed by atoms with Crippen LogP contribution in [0.4, 0.5) is 0 Å². The highest BCUT2D eigenvalue weighted by atomic mass is 16.5. The fraction of sp³-hybridized carbons (Fsp3) is 0.500. The Balaban J connectivity index is 3.16. The van der Waals surface area contributed by atoms with Gasteiger partial charge in [-0.2, -0.15) is 0 Å². The molecule has 1 aromatic rings. The van der Waals surface area contributed by atoms with E-state index in [4.69, 9.17) is 4.74 Å². The zero-order valence-corrected chi connectivity index (χ0v) is 13.9. The highest BCUT2D eigenvalue weighted by Crippen LogP contribution is 2.22. The number of carbonyl (C=O) groups is 1. The number of rotatable bonds is 7. The summed E-state index contributed by atoms with van der Waals surface area (Å²) in [6, 6.07) is 4.34. The fourth-order valence-corrected chi connectivity index (χ4v) is 2.50. The Morgan fingerprint density at radius 2 is 1.90 bits per heavy atom. The SMILES string of the molecule is CCCC/C(=C\c1c(C)cc(CNC)cc1C)C(=O)OC. The predicted octanol–water partition coefficient (Wildman–Crippen LogP) is 3.77. The molecule has 0 saturated heterocycles. The average molecular weight is 289 g/mol. The maximum atomic E-state index is 11.9. The molecule has 21 heavy (non-hydrogen) atoms. The van der Waals surface area contributed by atoms with Crippen molar-refractivity contribution in [3.05, 3.63) is 40.0 Å². The number of methoxy groups -OCH3 is 1. The summed E-state index contributed by atoms with van der Waals surface area (Å²) in [6.07, 6.45) is 4.82. The van der Waals surface area contributed by atoms with Crippen LogP contribution in [-0.2, 0) is 16.1 Å². The number of unbranched alkanes of at least 4 members (excludes halogenated alkanes) is 1. The number of hydrogen-bond donors (Lipinski definition) is 1. The van der Waals surface area contributed by atoms with Crippen molar-refractivity contribution in [2.45, 2.75) is 46.6 Å². The summed E-state index contributed by atoms with van der Waals surface area (Å²) in [5.41, 5.74) is 5.53. The molecule has 0 aliphatic rings. The van der Waals surface area contributed by atoms with E-state index in [9.17, 15) is 4.79 Å². The largest absolute Gasteiger partial charge is 0.466 e. The molecule has 1 N–H and O–H groups in total. The van der Waals surface area contributed by atoms with Crippen LogP contribution in [0.2, 0.25) is 0 Å². The van der Waals surface area contributed by atoms with E-state index in [0.717, 1.165) is 36.9 Å². The van der Waals surface area contributed by atoms with Crippen LogP contribution in [0, 0.1) is 13.8 Å². The Hall–Kier alpha value is -1.61. The summed E-state index contributed by atoms with van der Waals surface area (Å²) in [5, 5.41) is 3.16. The number of nitrogens with one attached hydrogen (secondary N) is 1. The van der Waals surface area contributed by atoms with Gasteiger partial charge in [0.1, 0.15) is 0 Å². The molecule has 1 rings (SSSR count). The lowest BCUT2D eigenvalue weighted by molar-refractivity contribution is -0.136. The van der Waals surface area contributed by atoms with E-state index in [-0.39, 0.29) is 5.97 Å². The van der Waals surface area contributed by atoms with Gasteiger partial charge in [-0.05, 0) is 62.1 Å². The topological polar surface area (TPSA) is 38.3 Å². The van der Waals surface area contributed by atoms with Crippen molar-refractivity contribution in [1.82, 2.24) is 5.32 Å². The summed E-state index contributed by atoms with van der Waals surface area (Å²) < 4.78 is 4.91. The molecule has 0 heterocycles. The van der Waals surface area contributed by atoms with E-state index < -0.39 is 0 Å². The molecule has 116 valence electrons. The number of carbonyl (C=O) groups excluding carboxylic acids is 1. The van der Waals surface area contributed by atoms with Gasteiger partial charge in [-0.1, -0.05) is 25.5 Å². The Morgan fingerprint density at radius 3 is 2.38 bits per heavy atom. The number of aryl methyl sites for hydroxylation is 2. The second-order valence-electron chi connectivity index (χ2n) is 5.44. The lowest BCUT2D eigenvalue weighted by Gasteiger charge is -2.12. The number of benzene rings is 1. The molecule has 0 aliphatic heterocycles. The van der Waals surface area contributed by atoms with Crippen LogP contribution in [-0.4, -0.2) is 20.1 Å². The molecule has 0 atom stereocenters. The van der Waals surface area contributed by atoms with Crippen LogP contribution in [0.1, 0.15) is 48.4 Å². The summed E-state index contributed by atoms with van der Waals surface area (Å²) in [6.45, 7) is 7.16. The van der Waals surface area contributed by atoms with Crippen molar-refractivity contribution >= 4 is 12.0 Å². The maximum Gasteiger partial charge on any atom is 0.333 e. The maximum absolute atomic E-state index is 11.9. The van der Waals surface area contributed by atoms with Gasteiger partial charge in [0.25, 0.3) is 0 Å². The smallest absolute Gasteiger partial charge is 0.333 e. The minimum Gasteiger partial charge on any atom is -0.466 e. The number of esters is 1. The Bertz CT molecular complexity index is 495. The molecule has 0 bridgehead atoms. The van der Waals surface area contributed by atoms with Gasteiger partial charge in [0, 0.05) is 12.1 Å². The van der Waals surface area contributed by atoms with Gasteiger partial charge < -0.3 is 10.1 Å². The first-order valence-electron chi connectivity index (χ1n) is 7.57. The molecule has 0 amide bonds. The molecule has 3 nitrogen and oxygen atoms in total. The van der Waals surface area contributed by atoms with Crippen molar-refractivity contribution in [1.29, 1.82) is 0 Å². The summed E-state index contributed by atoms with van der Waals surface area (Å²) >= 11 is 0. The van der Waals surface area contributed by atoms with Gasteiger partial charge >= 0.3 is 5.97 Å². The van der Waals surface area contributed by atoms with Crippen molar-refractivity contribution in [2.75, 3.05) is 14.2 Å². The molecule has 3 heteroatoms. The van der Waals surface area contributed by atoms with Gasteiger partial charge in [0.15, 0.2) is 0 Å². The summed E-state index contributed by atoms with van der Waals surface area (Å²) in [7, 11) is 3.39. The first kappa shape index (κ1) is 17.4. The van der Waals surface area contributed by atoms with Gasteiger partial charge in [-0.25, -0.2) is 4.79 Å². The Labute approximate surface area is 128 Å². The number of hydrogen-bond acceptors (Lipinski definition) is 3. The minimum absolute atomic E-state index is 0.221. The summed E-state index contributed by atoms with van der Waals surface area (Å²) in [5.74, 6) is -0.221. The van der Waals surface area contributed by atoms with E-state index in [1.807, 2.05) is 13.1 Å². The van der Waals surface area contributed by atoms with Crippen molar-refractivity contribution < 1.29 is 9.53 Å². The highest BCUT2D eigenvalue weighted by Gasteiger charge is 2.11. The predicted molar refractivity (Wildman–Crippen MR) is 88.2 cm³/mol. The molecule has 0 radical (unpaired) electrons. The van der Waals surface area contributed by atoms with Gasteiger partial charge in [0.05, 0.1) is 7.11 Å². The highest BCUT2D eigenvalue weighted by molar-refractivity contribution is 5.94. The number of ether oxygens (including phenoxy) is 1. The molecule has 0 saturated carbocycles. The monoisotopic (exact) mass is 289 g/mol. The third kappa shape index (κ3) is 5.01. The van der Waals surface area contributed by atoms with Crippen LogP contribution in [0.25, 0.3) is 6.08 Å². The minimum atomic E-state index is -0.221. The van der Waals surface area contributed by atoms with Gasteiger partial charge in [-0.15, -0.1) is 0 Å². The molecule has 0 spiro atoms. The van der Waals surface area contributed by atoms with Crippen LogP contribution in [0.5, 0.6) is 0 Å². The molecular formula is C18H27NO2. The lowest BCUT2D eigenvalue weighted by Crippen LogP contribution is -2.07. The van der Waals surface area contributed by atoms with Crippen LogP contribution >= 0.6 is 0 Å². The van der Waals surface area contributed by atoms with E-state index >= 15 is 0 Å². The van der Waals surface area contributed by atoms with E-state index in [1.54, 1.807) is 0 Å². The standard InChI is InChI=1S/C18H27NO2/c1-6-7-8-16(18(20)21-5)11-17-13(2)9-15(12-19-4)10-14(17)3/h9-11,19H,6-8,12H2,1-5H3/b16-11+. The molecule has 1 aromatic carbocycles. The lowest BCUT2D eigenvalue weighted by atomic mass is 9.96. The molecule has 0 unspecified atom stereocenters. The third-order valence-corrected chi connectivity index (χ3v) is 3.60. The van der Waals surface area contributed by atoms with Crippen molar-refractivity contribution in [2.24, 2.45) is 0 Å². The molecule has 0 aromatic heterocycles. The normalized spacial score (nSPS) is 11.6. The Morgan fingerprint density at radius 1 is 1.29 bits per heavy atom. The zero-order chi connectivity index (χ0) is 15.8. The molecular weight excluding hydrogens is 262 g/mol. The zero-order valence-electron chi connectivity index (χ0n) is 13.9. The quantitative estimate of drug-likeness (QED) is 0.613. The molecule has 0 aliphatic carbocycles. The van der Waals surface area contributed by atoms with Crippen LogP contribution in [0.3, 0.4) is 0 Å². The van der Waals surface area contributed by atoms with E-state index in [1.165, 1.54) is 23.8 Å². The van der Waals surface area contributed by atoms with Crippen molar-refractivity contribution in [3.8, 4) is 0 Å². The van der Waals surface area contributed by atoms with Crippen molar-refractivity contribution in [3.63, 3.8) is 0 Å². The first-order chi connectivity index (χ1) is 10.0. The van der Waals surface area contributed by atoms with E-state index in [0.29, 0.717) is 0 Å². The average Bonchev–Trinajstić information content (AvgIpc) is 2.45. The van der Waals surface area contributed by atoms with Gasteiger partial charge in [-0.3, -0.25) is 0 Å². The first-order valence-corrected chi connectivity index (χ1v) is 7.57. The van der Waals surface area contributed by atoms with Crippen LogP contribution < -0.4 is 5.32 Å². The van der Waals surface area contributed by atoms with Gasteiger partial charge in [0.2, 0.25) is 0 Å². The second-order valence-corrected chi connectivity index (χ2v) is 5.44. The summed E-state index contributed by atoms with van der Waals surface area (Å²) in [4.78, 5) is 11.9. The van der Waals surface area contributed by atoms with Crippen LogP contribution in [0.15, 0.2) is 17.7 Å². The second kappa shape index (κ2) is 8.63. The fourth-order valence-electron chi connectivity index (χ4n) is 2.50. The van der Waals surface area contributed by atoms with E-state index in [2.05, 4.69) is 38.2 Å². The third-order valence-electron chi connectivity index (χ3n) is 3.60.